The topological polar surface area (TPSA) is 87.0 Å². The molecule has 22 heavy (non-hydrogen) atoms. The summed E-state index contributed by atoms with van der Waals surface area (Å²) < 4.78 is 17.0. The number of benzene rings is 1. The van der Waals surface area contributed by atoms with Gasteiger partial charge in [0.2, 0.25) is 0 Å². The average Bonchev–Trinajstić information content (AvgIpc) is 2.52. The fraction of sp³-hybridized carbons (Fsp3) is 0.333. The maximum absolute atomic E-state index is 12.5. The number of aromatic hydroxyl groups is 1. The molecule has 0 unspecified atom stereocenters. The third-order valence-electron chi connectivity index (χ3n) is 3.56. The molecule has 0 saturated carbocycles. The first kappa shape index (κ1) is 14.2. The van der Waals surface area contributed by atoms with Crippen molar-refractivity contribution in [2.45, 2.75) is 13.5 Å². The summed E-state index contributed by atoms with van der Waals surface area (Å²) in [6, 6.07) is 3.20. The van der Waals surface area contributed by atoms with E-state index in [-0.39, 0.29) is 12.2 Å². The highest BCUT2D eigenvalue weighted by Crippen LogP contribution is 2.38. The highest BCUT2D eigenvalue weighted by atomic mass is 16.5. The quantitative estimate of drug-likeness (QED) is 0.860. The van der Waals surface area contributed by atoms with Crippen LogP contribution < -0.4 is 15.0 Å². The van der Waals surface area contributed by atoms with Crippen LogP contribution >= 0.6 is 0 Å². The van der Waals surface area contributed by atoms with Crippen molar-refractivity contribution in [3.8, 4) is 17.2 Å². The number of carbonyl (C=O) groups excluding carboxylic acids is 1. The summed E-state index contributed by atoms with van der Waals surface area (Å²) >= 11 is 0. The summed E-state index contributed by atoms with van der Waals surface area (Å²) in [6.45, 7) is 2.33. The summed E-state index contributed by atoms with van der Waals surface area (Å²) in [5.74, 6) is -0.366. The van der Waals surface area contributed by atoms with E-state index in [4.69, 9.17) is 14.2 Å². The van der Waals surface area contributed by atoms with Crippen molar-refractivity contribution in [3.05, 3.63) is 28.0 Å². The molecule has 7 nitrogen and oxygen atoms in total. The predicted molar refractivity (Wildman–Crippen MR) is 77.9 cm³/mol. The van der Waals surface area contributed by atoms with Gasteiger partial charge in [-0.15, -0.1) is 0 Å². The zero-order valence-corrected chi connectivity index (χ0v) is 12.2. The molecule has 0 spiro atoms. The van der Waals surface area contributed by atoms with E-state index in [0.29, 0.717) is 35.6 Å². The fourth-order valence-electron chi connectivity index (χ4n) is 2.59. The van der Waals surface area contributed by atoms with E-state index in [1.165, 1.54) is 11.7 Å². The molecule has 2 aromatic rings. The number of ether oxygens (including phenoxy) is 3. The van der Waals surface area contributed by atoms with Crippen LogP contribution in [0.5, 0.6) is 17.2 Å². The summed E-state index contributed by atoms with van der Waals surface area (Å²) in [5, 5.41) is 10.7. The van der Waals surface area contributed by atoms with Crippen molar-refractivity contribution in [2.75, 3.05) is 20.3 Å². The second-order valence-electron chi connectivity index (χ2n) is 4.77. The first-order valence-corrected chi connectivity index (χ1v) is 6.86. The lowest BCUT2D eigenvalue weighted by atomic mass is 10.1. The molecule has 1 aliphatic rings. The van der Waals surface area contributed by atoms with Crippen LogP contribution in [0.1, 0.15) is 17.3 Å². The largest absolute Gasteiger partial charge is 0.506 e. The molecule has 0 aliphatic carbocycles. The third kappa shape index (κ3) is 1.97. The van der Waals surface area contributed by atoms with Gasteiger partial charge in [0.05, 0.1) is 25.8 Å². The minimum Gasteiger partial charge on any atom is -0.506 e. The van der Waals surface area contributed by atoms with Crippen LogP contribution in [0.3, 0.4) is 0 Å². The minimum atomic E-state index is -0.841. The van der Waals surface area contributed by atoms with Gasteiger partial charge in [0.25, 0.3) is 5.56 Å². The van der Waals surface area contributed by atoms with Crippen LogP contribution in [0, 0.1) is 0 Å². The van der Waals surface area contributed by atoms with E-state index in [0.717, 1.165) is 0 Å². The van der Waals surface area contributed by atoms with Gasteiger partial charge in [0.15, 0.2) is 5.56 Å². The number of aromatic nitrogens is 1. The van der Waals surface area contributed by atoms with Gasteiger partial charge >= 0.3 is 5.97 Å². The molecule has 0 radical (unpaired) electrons. The smallest absolute Gasteiger partial charge is 0.347 e. The molecule has 3 rings (SSSR count). The van der Waals surface area contributed by atoms with E-state index in [1.54, 1.807) is 19.1 Å². The van der Waals surface area contributed by atoms with E-state index in [2.05, 4.69) is 0 Å². The van der Waals surface area contributed by atoms with Crippen molar-refractivity contribution < 1.29 is 24.1 Å². The van der Waals surface area contributed by atoms with Gasteiger partial charge in [-0.25, -0.2) is 4.79 Å². The minimum absolute atomic E-state index is 0.113. The second kappa shape index (κ2) is 5.25. The monoisotopic (exact) mass is 305 g/mol. The Kier molecular flexibility index (Phi) is 3.40. The summed E-state index contributed by atoms with van der Waals surface area (Å²) in [7, 11) is 1.48. The van der Waals surface area contributed by atoms with Gasteiger partial charge in [0.1, 0.15) is 23.9 Å². The van der Waals surface area contributed by atoms with Gasteiger partial charge in [0, 0.05) is 11.5 Å². The number of carbonyl (C=O) groups is 1. The van der Waals surface area contributed by atoms with Crippen molar-refractivity contribution >= 4 is 16.9 Å². The lowest BCUT2D eigenvalue weighted by Gasteiger charge is -2.22. The number of nitrogens with zero attached hydrogens (tertiary/aromatic N) is 1. The highest BCUT2D eigenvalue weighted by Gasteiger charge is 2.27. The number of hydrogen-bond acceptors (Lipinski definition) is 6. The molecule has 0 fully saturated rings. The SMILES string of the molecule is CCOC(=O)c1c(O)c2cc(OC)cc3c2n(c1=O)CCO3. The Labute approximate surface area is 125 Å². The Balaban J connectivity index is 2.41. The Morgan fingerprint density at radius 3 is 2.91 bits per heavy atom. The average molecular weight is 305 g/mol. The van der Waals surface area contributed by atoms with E-state index in [1.807, 2.05) is 0 Å². The van der Waals surface area contributed by atoms with E-state index in [9.17, 15) is 14.7 Å². The fourth-order valence-corrected chi connectivity index (χ4v) is 2.59. The highest BCUT2D eigenvalue weighted by molar-refractivity contribution is 6.01. The van der Waals surface area contributed by atoms with Gasteiger partial charge < -0.3 is 23.9 Å². The lowest BCUT2D eigenvalue weighted by molar-refractivity contribution is 0.0520. The molecular formula is C15H15NO6. The Morgan fingerprint density at radius 1 is 1.45 bits per heavy atom. The molecule has 116 valence electrons. The molecule has 7 heteroatoms. The third-order valence-corrected chi connectivity index (χ3v) is 3.56. The van der Waals surface area contributed by atoms with Crippen molar-refractivity contribution in [2.24, 2.45) is 0 Å². The summed E-state index contributed by atoms with van der Waals surface area (Å²) in [5.41, 5.74) is -0.504. The first-order valence-electron chi connectivity index (χ1n) is 6.86. The summed E-state index contributed by atoms with van der Waals surface area (Å²) in [6.07, 6.45) is 0. The van der Waals surface area contributed by atoms with Crippen LogP contribution in [0.15, 0.2) is 16.9 Å². The zero-order chi connectivity index (χ0) is 15.9. The van der Waals surface area contributed by atoms with Crippen LogP contribution in [0.25, 0.3) is 10.9 Å². The molecule has 0 bridgehead atoms. The number of rotatable bonds is 3. The normalized spacial score (nSPS) is 12.8. The van der Waals surface area contributed by atoms with Crippen LogP contribution in [0.4, 0.5) is 0 Å². The van der Waals surface area contributed by atoms with Crippen LogP contribution in [0.2, 0.25) is 0 Å². The molecule has 1 aromatic heterocycles. The molecule has 2 heterocycles. The van der Waals surface area contributed by atoms with Crippen molar-refractivity contribution in [1.82, 2.24) is 4.57 Å². The van der Waals surface area contributed by atoms with Crippen molar-refractivity contribution in [1.29, 1.82) is 0 Å². The first-order chi connectivity index (χ1) is 10.6. The molecule has 0 amide bonds. The molecule has 0 saturated heterocycles. The number of esters is 1. The van der Waals surface area contributed by atoms with Gasteiger partial charge in [-0.1, -0.05) is 0 Å². The van der Waals surface area contributed by atoms with Gasteiger partial charge in [-0.2, -0.15) is 0 Å². The maximum Gasteiger partial charge on any atom is 0.347 e. The molecule has 1 aliphatic heterocycles. The molecule has 1 N–H and O–H groups in total. The van der Waals surface area contributed by atoms with Gasteiger partial charge in [-0.3, -0.25) is 4.79 Å². The Hall–Kier alpha value is -2.70. The summed E-state index contributed by atoms with van der Waals surface area (Å²) in [4.78, 5) is 24.5. The number of pyridine rings is 1. The van der Waals surface area contributed by atoms with Crippen molar-refractivity contribution in [3.63, 3.8) is 0 Å². The van der Waals surface area contributed by atoms with E-state index >= 15 is 0 Å². The zero-order valence-electron chi connectivity index (χ0n) is 12.2. The van der Waals surface area contributed by atoms with Gasteiger partial charge in [-0.05, 0) is 13.0 Å². The standard InChI is InChI=1S/C15H15NO6/c1-3-21-15(19)11-13(17)9-6-8(20-2)7-10-12(9)16(14(11)18)4-5-22-10/h6-7,17H,3-5H2,1-2H3. The maximum atomic E-state index is 12.5. The Bertz CT molecular complexity index is 823. The molecule has 1 aromatic carbocycles. The van der Waals surface area contributed by atoms with Crippen LogP contribution in [-0.2, 0) is 11.3 Å². The van der Waals surface area contributed by atoms with E-state index < -0.39 is 17.3 Å². The Morgan fingerprint density at radius 2 is 2.23 bits per heavy atom. The predicted octanol–water partition coefficient (Wildman–Crippen LogP) is 1.28. The molecular weight excluding hydrogens is 290 g/mol. The number of hydrogen-bond donors (Lipinski definition) is 1. The van der Waals surface area contributed by atoms with Crippen LogP contribution in [-0.4, -0.2) is 36.0 Å². The molecule has 0 atom stereocenters. The second-order valence-corrected chi connectivity index (χ2v) is 4.77. The lowest BCUT2D eigenvalue weighted by Crippen LogP contribution is -2.32. The number of methoxy groups -OCH3 is 1.